The van der Waals surface area contributed by atoms with Crippen molar-refractivity contribution in [1.82, 2.24) is 0 Å². The van der Waals surface area contributed by atoms with Crippen molar-refractivity contribution < 1.29 is 4.39 Å². The Morgan fingerprint density at radius 3 is 2.71 bits per heavy atom. The first-order chi connectivity index (χ1) is 8.15. The third-order valence-corrected chi connectivity index (χ3v) is 2.81. The van der Waals surface area contributed by atoms with Crippen molar-refractivity contribution in [3.05, 3.63) is 29.6 Å². The molecular weight excluding hydrogens is 235 g/mol. The van der Waals surface area contributed by atoms with Gasteiger partial charge in [0.25, 0.3) is 0 Å². The summed E-state index contributed by atoms with van der Waals surface area (Å²) in [6.07, 6.45) is 4.77. The molecule has 0 saturated carbocycles. The average Bonchev–Trinajstić information content (AvgIpc) is 2.28. The van der Waals surface area contributed by atoms with Gasteiger partial charge in [-0.15, -0.1) is 0 Å². The first-order valence-corrected chi connectivity index (χ1v) is 6.39. The Kier molecular flexibility index (Phi) is 5.91. The van der Waals surface area contributed by atoms with Gasteiger partial charge in [-0.05, 0) is 24.6 Å². The number of nitrogens with two attached hydrogens (primary N) is 1. The number of thiocarbonyl (C=S) groups is 1. The van der Waals surface area contributed by atoms with Crippen LogP contribution in [0.25, 0.3) is 0 Å². The van der Waals surface area contributed by atoms with Gasteiger partial charge in [0.1, 0.15) is 10.8 Å². The van der Waals surface area contributed by atoms with Crippen molar-refractivity contribution in [3.8, 4) is 0 Å². The molecule has 0 saturated heterocycles. The number of halogens is 1. The van der Waals surface area contributed by atoms with Crippen LogP contribution in [0.3, 0.4) is 0 Å². The van der Waals surface area contributed by atoms with E-state index in [1.165, 1.54) is 25.3 Å². The van der Waals surface area contributed by atoms with Gasteiger partial charge < -0.3 is 11.1 Å². The van der Waals surface area contributed by atoms with Gasteiger partial charge in [0.15, 0.2) is 0 Å². The second-order valence-corrected chi connectivity index (χ2v) is 4.49. The van der Waals surface area contributed by atoms with Crippen LogP contribution in [-0.2, 0) is 0 Å². The zero-order chi connectivity index (χ0) is 12.7. The van der Waals surface area contributed by atoms with Crippen LogP contribution in [0.4, 0.5) is 10.1 Å². The maximum atomic E-state index is 13.5. The minimum absolute atomic E-state index is 0.0944. The van der Waals surface area contributed by atoms with Crippen LogP contribution < -0.4 is 11.1 Å². The molecule has 0 bridgehead atoms. The molecule has 0 aliphatic heterocycles. The summed E-state index contributed by atoms with van der Waals surface area (Å²) in [5.41, 5.74) is 6.47. The number of unbranched alkanes of at least 4 members (excludes halogenated alkanes) is 3. The molecule has 1 rings (SSSR count). The summed E-state index contributed by atoms with van der Waals surface area (Å²) in [5.74, 6) is -0.365. The molecule has 3 N–H and O–H groups in total. The highest BCUT2D eigenvalue weighted by Crippen LogP contribution is 2.14. The number of hydrogen-bond acceptors (Lipinski definition) is 2. The van der Waals surface area contributed by atoms with Crippen LogP contribution in [-0.4, -0.2) is 11.5 Å². The molecule has 0 spiro atoms. The molecule has 0 aliphatic carbocycles. The molecule has 0 heterocycles. The number of benzene rings is 1. The summed E-state index contributed by atoms with van der Waals surface area (Å²) in [5, 5.41) is 3.19. The first kappa shape index (κ1) is 13.9. The number of nitrogens with one attached hydrogen (secondary N) is 1. The maximum absolute atomic E-state index is 13.5. The van der Waals surface area contributed by atoms with Crippen LogP contribution in [0.5, 0.6) is 0 Å². The summed E-state index contributed by atoms with van der Waals surface area (Å²) in [4.78, 5) is 0.0944. The lowest BCUT2D eigenvalue weighted by atomic mass is 10.2. The largest absolute Gasteiger partial charge is 0.389 e. The lowest BCUT2D eigenvalue weighted by Gasteiger charge is -2.08. The van der Waals surface area contributed by atoms with E-state index >= 15 is 0 Å². The van der Waals surface area contributed by atoms with Crippen molar-refractivity contribution in [1.29, 1.82) is 0 Å². The molecule has 2 nitrogen and oxygen atoms in total. The topological polar surface area (TPSA) is 38.0 Å². The lowest BCUT2D eigenvalue weighted by Crippen LogP contribution is -2.12. The summed E-state index contributed by atoms with van der Waals surface area (Å²) in [7, 11) is 0. The zero-order valence-electron chi connectivity index (χ0n) is 10.1. The molecule has 0 amide bonds. The average molecular weight is 254 g/mol. The fraction of sp³-hybridized carbons (Fsp3) is 0.462. The van der Waals surface area contributed by atoms with E-state index in [1.807, 2.05) is 0 Å². The minimum Gasteiger partial charge on any atom is -0.389 e. The molecule has 0 aliphatic rings. The summed E-state index contributed by atoms with van der Waals surface area (Å²) in [6.45, 7) is 3.04. The zero-order valence-corrected chi connectivity index (χ0v) is 10.9. The first-order valence-electron chi connectivity index (χ1n) is 5.98. The fourth-order valence-electron chi connectivity index (χ4n) is 1.61. The van der Waals surface area contributed by atoms with Crippen molar-refractivity contribution in [2.24, 2.45) is 5.73 Å². The highest BCUT2D eigenvalue weighted by molar-refractivity contribution is 7.80. The summed E-state index contributed by atoms with van der Waals surface area (Å²) >= 11 is 4.75. The minimum atomic E-state index is -0.365. The van der Waals surface area contributed by atoms with E-state index < -0.39 is 0 Å². The Morgan fingerprint density at radius 1 is 1.35 bits per heavy atom. The molecule has 0 atom stereocenters. The Labute approximate surface area is 107 Å². The molecular formula is C13H19FN2S. The molecule has 4 heteroatoms. The Bertz CT molecular complexity index is 380. The Hall–Kier alpha value is -1.16. The predicted molar refractivity (Wildman–Crippen MR) is 74.9 cm³/mol. The molecule has 0 fully saturated rings. The fourth-order valence-corrected chi connectivity index (χ4v) is 1.77. The van der Waals surface area contributed by atoms with Gasteiger partial charge in [0.05, 0.1) is 0 Å². The Balaban J connectivity index is 2.45. The van der Waals surface area contributed by atoms with E-state index in [0.717, 1.165) is 18.7 Å². The highest BCUT2D eigenvalue weighted by Gasteiger charge is 2.05. The van der Waals surface area contributed by atoms with E-state index in [-0.39, 0.29) is 10.8 Å². The summed E-state index contributed by atoms with van der Waals surface area (Å²) < 4.78 is 13.5. The summed E-state index contributed by atoms with van der Waals surface area (Å²) in [6, 6.07) is 4.86. The van der Waals surface area contributed by atoms with Gasteiger partial charge in [-0.2, -0.15) is 0 Å². The molecule has 1 aromatic rings. The molecule has 0 unspecified atom stereocenters. The second kappa shape index (κ2) is 7.22. The van der Waals surface area contributed by atoms with E-state index in [1.54, 1.807) is 12.1 Å². The van der Waals surface area contributed by atoms with Crippen molar-refractivity contribution in [3.63, 3.8) is 0 Å². The standard InChI is InChI=1S/C13H19FN2S/c1-2-3-4-5-8-16-10-6-7-11(13(15)17)12(14)9-10/h6-7,9,16H,2-5,8H2,1H3,(H2,15,17). The van der Waals surface area contributed by atoms with Gasteiger partial charge in [-0.3, -0.25) is 0 Å². The van der Waals surface area contributed by atoms with Crippen molar-refractivity contribution in [2.75, 3.05) is 11.9 Å². The molecule has 94 valence electrons. The van der Waals surface area contributed by atoms with E-state index in [9.17, 15) is 4.39 Å². The number of hydrogen-bond donors (Lipinski definition) is 2. The van der Waals surface area contributed by atoms with Crippen molar-refractivity contribution >= 4 is 22.9 Å². The molecule has 1 aromatic carbocycles. The predicted octanol–water partition coefficient (Wildman–Crippen LogP) is 3.45. The van der Waals surface area contributed by atoms with Gasteiger partial charge in [-0.1, -0.05) is 38.4 Å². The van der Waals surface area contributed by atoms with Gasteiger partial charge >= 0.3 is 0 Å². The van der Waals surface area contributed by atoms with Crippen LogP contribution in [0, 0.1) is 5.82 Å². The molecule has 0 radical (unpaired) electrons. The van der Waals surface area contributed by atoms with Crippen LogP contribution in [0.2, 0.25) is 0 Å². The Morgan fingerprint density at radius 2 is 2.12 bits per heavy atom. The highest BCUT2D eigenvalue weighted by atomic mass is 32.1. The molecule has 0 aromatic heterocycles. The smallest absolute Gasteiger partial charge is 0.135 e. The second-order valence-electron chi connectivity index (χ2n) is 4.05. The van der Waals surface area contributed by atoms with Crippen LogP contribution >= 0.6 is 12.2 Å². The normalized spacial score (nSPS) is 10.2. The number of rotatable bonds is 7. The van der Waals surface area contributed by atoms with E-state index in [2.05, 4.69) is 12.2 Å². The number of anilines is 1. The van der Waals surface area contributed by atoms with Gasteiger partial charge in [0, 0.05) is 17.8 Å². The monoisotopic (exact) mass is 254 g/mol. The quantitative estimate of drug-likeness (QED) is 0.578. The SMILES string of the molecule is CCCCCCNc1ccc(C(N)=S)c(F)c1. The van der Waals surface area contributed by atoms with E-state index in [4.69, 9.17) is 18.0 Å². The van der Waals surface area contributed by atoms with Crippen molar-refractivity contribution in [2.45, 2.75) is 32.6 Å². The van der Waals surface area contributed by atoms with Crippen LogP contribution in [0.15, 0.2) is 18.2 Å². The van der Waals surface area contributed by atoms with Gasteiger partial charge in [-0.25, -0.2) is 4.39 Å². The van der Waals surface area contributed by atoms with Gasteiger partial charge in [0.2, 0.25) is 0 Å². The van der Waals surface area contributed by atoms with E-state index in [0.29, 0.717) is 5.56 Å². The molecule has 17 heavy (non-hydrogen) atoms. The van der Waals surface area contributed by atoms with Crippen LogP contribution in [0.1, 0.15) is 38.2 Å². The lowest BCUT2D eigenvalue weighted by molar-refractivity contribution is 0.625. The maximum Gasteiger partial charge on any atom is 0.135 e. The third-order valence-electron chi connectivity index (χ3n) is 2.59. The third kappa shape index (κ3) is 4.69.